The van der Waals surface area contributed by atoms with Gasteiger partial charge in [-0.05, 0) is 36.6 Å². The zero-order valence-electron chi connectivity index (χ0n) is 12.3. The molecule has 2 N–H and O–H groups in total. The summed E-state index contributed by atoms with van der Waals surface area (Å²) >= 11 is 1.50. The molecule has 0 spiro atoms. The van der Waals surface area contributed by atoms with E-state index >= 15 is 0 Å². The maximum Gasteiger partial charge on any atom is 0.241 e. The molecule has 4 nitrogen and oxygen atoms in total. The predicted molar refractivity (Wildman–Crippen MR) is 83.4 cm³/mol. The third-order valence-electron chi connectivity index (χ3n) is 3.68. The minimum absolute atomic E-state index is 0.0980. The minimum atomic E-state index is -3.38. The molecule has 2 rings (SSSR count). The first kappa shape index (κ1) is 15.9. The van der Waals surface area contributed by atoms with Crippen LogP contribution in [0.5, 0.6) is 0 Å². The van der Waals surface area contributed by atoms with Crippen LogP contribution in [0.25, 0.3) is 0 Å². The topological polar surface area (TPSA) is 58.2 Å². The van der Waals surface area contributed by atoms with Crippen molar-refractivity contribution in [1.29, 1.82) is 0 Å². The number of rotatable bonds is 6. The molecule has 0 bridgehead atoms. The molecule has 20 heavy (non-hydrogen) atoms. The first-order chi connectivity index (χ1) is 9.38. The zero-order chi connectivity index (χ0) is 14.8. The lowest BCUT2D eigenvalue weighted by atomic mass is 10.1. The summed E-state index contributed by atoms with van der Waals surface area (Å²) in [6.07, 6.45) is 3.01. The van der Waals surface area contributed by atoms with Gasteiger partial charge in [-0.15, -0.1) is 11.3 Å². The Morgan fingerprint density at radius 2 is 2.15 bits per heavy atom. The van der Waals surface area contributed by atoms with Crippen LogP contribution in [-0.2, 0) is 16.6 Å². The van der Waals surface area contributed by atoms with Crippen LogP contribution in [-0.4, -0.2) is 20.5 Å². The standard InChI is InChI=1S/C14H24N2O2S2/c1-10(2)15-9-13-14(6-7-19-13)20(17,18)16-12-5-4-11(3)8-12/h6-7,10-12,15-16H,4-5,8-9H2,1-3H3. The van der Waals surface area contributed by atoms with Gasteiger partial charge in [-0.25, -0.2) is 13.1 Å². The van der Waals surface area contributed by atoms with Crippen molar-refractivity contribution in [3.63, 3.8) is 0 Å². The van der Waals surface area contributed by atoms with Crippen LogP contribution in [0, 0.1) is 5.92 Å². The molecule has 0 radical (unpaired) electrons. The molecule has 1 saturated carbocycles. The highest BCUT2D eigenvalue weighted by atomic mass is 32.2. The van der Waals surface area contributed by atoms with Gasteiger partial charge in [-0.3, -0.25) is 0 Å². The molecule has 2 atom stereocenters. The smallest absolute Gasteiger partial charge is 0.241 e. The molecule has 1 aromatic heterocycles. The van der Waals surface area contributed by atoms with Crippen molar-refractivity contribution in [3.05, 3.63) is 16.3 Å². The highest BCUT2D eigenvalue weighted by Crippen LogP contribution is 2.28. The van der Waals surface area contributed by atoms with E-state index in [0.29, 0.717) is 23.4 Å². The van der Waals surface area contributed by atoms with Crippen LogP contribution in [0.3, 0.4) is 0 Å². The third-order valence-corrected chi connectivity index (χ3v) is 6.34. The summed E-state index contributed by atoms with van der Waals surface area (Å²) in [6.45, 7) is 6.89. The summed E-state index contributed by atoms with van der Waals surface area (Å²) in [5.41, 5.74) is 0. The fourth-order valence-corrected chi connectivity index (χ4v) is 5.27. The summed E-state index contributed by atoms with van der Waals surface area (Å²) in [5.74, 6) is 0.618. The van der Waals surface area contributed by atoms with Crippen LogP contribution >= 0.6 is 11.3 Å². The van der Waals surface area contributed by atoms with Crippen molar-refractivity contribution >= 4 is 21.4 Å². The first-order valence-corrected chi connectivity index (χ1v) is 9.57. The van der Waals surface area contributed by atoms with E-state index in [1.807, 2.05) is 5.38 Å². The molecule has 1 heterocycles. The molecule has 1 aromatic rings. The van der Waals surface area contributed by atoms with Crippen LogP contribution in [0.2, 0.25) is 0 Å². The Morgan fingerprint density at radius 3 is 2.75 bits per heavy atom. The highest BCUT2D eigenvalue weighted by molar-refractivity contribution is 7.89. The van der Waals surface area contributed by atoms with Crippen LogP contribution in [0.15, 0.2) is 16.3 Å². The molecule has 0 aromatic carbocycles. The monoisotopic (exact) mass is 316 g/mol. The Balaban J connectivity index is 2.07. The number of thiophene rings is 1. The molecular weight excluding hydrogens is 292 g/mol. The van der Waals surface area contributed by atoms with Gasteiger partial charge in [-0.1, -0.05) is 20.8 Å². The average molecular weight is 316 g/mol. The Kier molecular flexibility index (Phi) is 5.23. The van der Waals surface area contributed by atoms with E-state index in [0.717, 1.165) is 24.1 Å². The zero-order valence-corrected chi connectivity index (χ0v) is 14.0. The SMILES string of the molecule is CC1CCC(NS(=O)(=O)c2ccsc2CNC(C)C)C1. The molecule has 1 aliphatic carbocycles. The summed E-state index contributed by atoms with van der Waals surface area (Å²) in [5, 5.41) is 5.13. The summed E-state index contributed by atoms with van der Waals surface area (Å²) in [6, 6.07) is 2.15. The fraction of sp³-hybridized carbons (Fsp3) is 0.714. The Labute approximate surface area is 126 Å². The normalized spacial score (nSPS) is 23.6. The number of hydrogen-bond donors (Lipinski definition) is 2. The summed E-state index contributed by atoms with van der Waals surface area (Å²) in [7, 11) is -3.38. The van der Waals surface area contributed by atoms with Crippen molar-refractivity contribution in [2.75, 3.05) is 0 Å². The van der Waals surface area contributed by atoms with Crippen molar-refractivity contribution in [2.24, 2.45) is 5.92 Å². The maximum atomic E-state index is 12.5. The quantitative estimate of drug-likeness (QED) is 0.848. The van der Waals surface area contributed by atoms with Crippen LogP contribution in [0.4, 0.5) is 0 Å². The fourth-order valence-electron chi connectivity index (χ4n) is 2.59. The van der Waals surface area contributed by atoms with Crippen LogP contribution in [0.1, 0.15) is 44.9 Å². The van der Waals surface area contributed by atoms with Gasteiger partial charge in [0.2, 0.25) is 10.0 Å². The van der Waals surface area contributed by atoms with E-state index in [1.165, 1.54) is 11.3 Å². The van der Waals surface area contributed by atoms with Crippen molar-refractivity contribution in [3.8, 4) is 0 Å². The molecule has 1 fully saturated rings. The van der Waals surface area contributed by atoms with E-state index in [9.17, 15) is 8.42 Å². The lowest BCUT2D eigenvalue weighted by Gasteiger charge is -2.14. The first-order valence-electron chi connectivity index (χ1n) is 7.20. The lowest BCUT2D eigenvalue weighted by Crippen LogP contribution is -2.33. The van der Waals surface area contributed by atoms with Gasteiger partial charge in [0.1, 0.15) is 0 Å². The minimum Gasteiger partial charge on any atom is -0.310 e. The predicted octanol–water partition coefficient (Wildman–Crippen LogP) is 2.71. The maximum absolute atomic E-state index is 12.5. The van der Waals surface area contributed by atoms with E-state index < -0.39 is 10.0 Å². The van der Waals surface area contributed by atoms with E-state index in [4.69, 9.17) is 0 Å². The molecule has 0 aliphatic heterocycles. The molecule has 0 saturated heterocycles. The second-order valence-corrected chi connectivity index (χ2v) is 8.66. The molecule has 6 heteroatoms. The van der Waals surface area contributed by atoms with Crippen molar-refractivity contribution < 1.29 is 8.42 Å². The Hall–Kier alpha value is -0.430. The van der Waals surface area contributed by atoms with E-state index in [1.54, 1.807) is 6.07 Å². The largest absolute Gasteiger partial charge is 0.310 e. The van der Waals surface area contributed by atoms with Gasteiger partial charge in [0, 0.05) is 23.5 Å². The Bertz CT molecular complexity index is 537. The van der Waals surface area contributed by atoms with Gasteiger partial charge in [0.05, 0.1) is 4.90 Å². The Morgan fingerprint density at radius 1 is 1.40 bits per heavy atom. The summed E-state index contributed by atoms with van der Waals surface area (Å²) < 4.78 is 27.8. The second-order valence-electron chi connectivity index (χ2n) is 5.98. The number of hydrogen-bond acceptors (Lipinski definition) is 4. The third kappa shape index (κ3) is 4.04. The van der Waals surface area contributed by atoms with Gasteiger partial charge in [0.15, 0.2) is 0 Å². The van der Waals surface area contributed by atoms with Crippen molar-refractivity contribution in [1.82, 2.24) is 10.0 Å². The average Bonchev–Trinajstić information content (AvgIpc) is 2.95. The van der Waals surface area contributed by atoms with Gasteiger partial charge in [-0.2, -0.15) is 0 Å². The van der Waals surface area contributed by atoms with Crippen LogP contribution < -0.4 is 10.0 Å². The van der Waals surface area contributed by atoms with Crippen molar-refractivity contribution in [2.45, 2.75) is 63.6 Å². The van der Waals surface area contributed by atoms with Gasteiger partial charge >= 0.3 is 0 Å². The van der Waals surface area contributed by atoms with E-state index in [2.05, 4.69) is 30.8 Å². The molecule has 1 aliphatic rings. The van der Waals surface area contributed by atoms with Gasteiger partial charge < -0.3 is 5.32 Å². The number of sulfonamides is 1. The number of nitrogens with one attached hydrogen (secondary N) is 2. The summed E-state index contributed by atoms with van der Waals surface area (Å²) in [4.78, 5) is 1.33. The molecular formula is C14H24N2O2S2. The second kappa shape index (κ2) is 6.56. The highest BCUT2D eigenvalue weighted by Gasteiger charge is 2.28. The molecule has 114 valence electrons. The molecule has 0 amide bonds. The van der Waals surface area contributed by atoms with Gasteiger partial charge in [0.25, 0.3) is 0 Å². The van der Waals surface area contributed by atoms with E-state index in [-0.39, 0.29) is 6.04 Å². The lowest BCUT2D eigenvalue weighted by molar-refractivity contribution is 0.536. The molecule has 2 unspecified atom stereocenters.